The molecule has 3 rings (SSSR count). The number of ether oxygens (including phenoxy) is 2. The number of methoxy groups -OCH3 is 2. The molecule has 0 N–H and O–H groups in total. The highest BCUT2D eigenvalue weighted by Gasteiger charge is 2.28. The third-order valence-corrected chi connectivity index (χ3v) is 5.18. The largest absolute Gasteiger partial charge is 0.494 e. The van der Waals surface area contributed by atoms with E-state index in [-0.39, 0.29) is 11.3 Å². The highest BCUT2D eigenvalue weighted by Crippen LogP contribution is 2.41. The van der Waals surface area contributed by atoms with Gasteiger partial charge in [-0.3, -0.25) is 0 Å². The number of benzene rings is 2. The second kappa shape index (κ2) is 8.06. The molecular weight excluding hydrogens is 364 g/mol. The van der Waals surface area contributed by atoms with Crippen molar-refractivity contribution in [2.75, 3.05) is 14.2 Å². The number of halogens is 1. The molecule has 1 aromatic heterocycles. The van der Waals surface area contributed by atoms with Gasteiger partial charge in [0.25, 0.3) is 0 Å². The molecule has 27 heavy (non-hydrogen) atoms. The molecule has 2 aromatic carbocycles. The summed E-state index contributed by atoms with van der Waals surface area (Å²) in [5, 5.41) is 9.13. The summed E-state index contributed by atoms with van der Waals surface area (Å²) in [6.45, 7) is 0. The molecule has 0 saturated heterocycles. The summed E-state index contributed by atoms with van der Waals surface area (Å²) in [5.74, 6) is 0.934. The lowest BCUT2D eigenvalue weighted by molar-refractivity contribution is 0.0603. The van der Waals surface area contributed by atoms with Gasteiger partial charge in [0.05, 0.1) is 19.8 Å². The van der Waals surface area contributed by atoms with Crippen molar-refractivity contribution in [3.05, 3.63) is 59.9 Å². The lowest BCUT2D eigenvalue weighted by atomic mass is 9.76. The van der Waals surface area contributed by atoms with Gasteiger partial charge in [-0.1, -0.05) is 42.5 Å². The maximum atomic E-state index is 15.0. The fraction of sp³-hybridized carbons (Fsp3) is 0.100. The number of nitrogens with zero attached hydrogens (tertiary/aromatic N) is 1. The van der Waals surface area contributed by atoms with E-state index in [4.69, 9.17) is 14.7 Å². The van der Waals surface area contributed by atoms with Crippen LogP contribution >= 0.6 is 11.3 Å². The summed E-state index contributed by atoms with van der Waals surface area (Å²) in [6, 6.07) is 14.0. The molecule has 1 radical (unpaired) electrons. The Kier molecular flexibility index (Phi) is 5.58. The second-order valence-electron chi connectivity index (χ2n) is 5.50. The van der Waals surface area contributed by atoms with E-state index < -0.39 is 11.8 Å². The zero-order chi connectivity index (χ0) is 19.4. The Labute approximate surface area is 161 Å². The summed E-state index contributed by atoms with van der Waals surface area (Å²) in [6.07, 6.45) is 0. The van der Waals surface area contributed by atoms with E-state index in [1.54, 1.807) is 12.1 Å². The Morgan fingerprint density at radius 2 is 1.89 bits per heavy atom. The SMILES string of the molecule is COC(=O)c1c([B]C#N)sc(-c2cccc(OC)c2F)c1-c1ccccc1. The van der Waals surface area contributed by atoms with Crippen molar-refractivity contribution >= 4 is 29.4 Å². The number of rotatable bonds is 5. The molecule has 0 fully saturated rings. The zero-order valence-electron chi connectivity index (χ0n) is 14.7. The summed E-state index contributed by atoms with van der Waals surface area (Å²) < 4.78 is 25.4. The van der Waals surface area contributed by atoms with E-state index in [0.29, 0.717) is 20.8 Å². The van der Waals surface area contributed by atoms with Crippen molar-refractivity contribution in [3.8, 4) is 33.3 Å². The van der Waals surface area contributed by atoms with Crippen LogP contribution in [0.25, 0.3) is 21.6 Å². The van der Waals surface area contributed by atoms with Gasteiger partial charge in [0.1, 0.15) is 0 Å². The van der Waals surface area contributed by atoms with E-state index in [2.05, 4.69) is 0 Å². The minimum absolute atomic E-state index is 0.102. The van der Waals surface area contributed by atoms with E-state index in [9.17, 15) is 9.18 Å². The Bertz CT molecular complexity index is 1030. The van der Waals surface area contributed by atoms with Crippen molar-refractivity contribution in [1.29, 1.82) is 5.26 Å². The first kappa shape index (κ1) is 18.7. The van der Waals surface area contributed by atoms with Crippen molar-refractivity contribution in [3.63, 3.8) is 0 Å². The fourth-order valence-electron chi connectivity index (χ4n) is 2.83. The second-order valence-corrected chi connectivity index (χ2v) is 6.55. The van der Waals surface area contributed by atoms with Crippen LogP contribution in [0, 0.1) is 17.0 Å². The third kappa shape index (κ3) is 3.44. The summed E-state index contributed by atoms with van der Waals surface area (Å²) in [4.78, 5) is 13.0. The molecule has 4 nitrogen and oxygen atoms in total. The average Bonchev–Trinajstić information content (AvgIpc) is 3.07. The Hall–Kier alpha value is -3.11. The van der Waals surface area contributed by atoms with E-state index in [0.717, 1.165) is 16.9 Å². The summed E-state index contributed by atoms with van der Waals surface area (Å²) >= 11 is 1.16. The summed E-state index contributed by atoms with van der Waals surface area (Å²) in [5.41, 5.74) is 1.79. The zero-order valence-corrected chi connectivity index (χ0v) is 15.5. The average molecular weight is 378 g/mol. The maximum absolute atomic E-state index is 15.0. The quantitative estimate of drug-likeness (QED) is 0.500. The fourth-order valence-corrected chi connectivity index (χ4v) is 4.04. The van der Waals surface area contributed by atoms with Crippen LogP contribution in [0.15, 0.2) is 48.5 Å². The van der Waals surface area contributed by atoms with Crippen LogP contribution < -0.4 is 9.51 Å². The molecule has 0 aliphatic carbocycles. The molecule has 1 heterocycles. The predicted molar refractivity (Wildman–Crippen MR) is 104 cm³/mol. The Balaban J connectivity index is 2.38. The lowest BCUT2D eigenvalue weighted by Gasteiger charge is -2.10. The molecule has 0 bridgehead atoms. The number of thiophene rings is 1. The van der Waals surface area contributed by atoms with Gasteiger partial charge in [0.15, 0.2) is 11.6 Å². The molecule has 3 aromatic rings. The van der Waals surface area contributed by atoms with Gasteiger partial charge in [0, 0.05) is 22.0 Å². The van der Waals surface area contributed by atoms with Crippen LogP contribution in [0.5, 0.6) is 5.75 Å². The number of nitriles is 1. The van der Waals surface area contributed by atoms with E-state index >= 15 is 0 Å². The third-order valence-electron chi connectivity index (χ3n) is 4.01. The lowest BCUT2D eigenvalue weighted by Crippen LogP contribution is -2.19. The van der Waals surface area contributed by atoms with E-state index in [1.165, 1.54) is 27.6 Å². The monoisotopic (exact) mass is 378 g/mol. The molecule has 0 atom stereocenters. The molecule has 0 unspecified atom stereocenters. The first-order chi connectivity index (χ1) is 13.1. The predicted octanol–water partition coefficient (Wildman–Crippen LogP) is 3.83. The van der Waals surface area contributed by atoms with Crippen LogP contribution in [0.1, 0.15) is 10.4 Å². The first-order valence-corrected chi connectivity index (χ1v) is 8.80. The van der Waals surface area contributed by atoms with Crippen molar-refractivity contribution in [1.82, 2.24) is 0 Å². The maximum Gasteiger partial charge on any atom is 0.338 e. The molecule has 0 aliphatic rings. The Morgan fingerprint density at radius 3 is 2.52 bits per heavy atom. The van der Waals surface area contributed by atoms with Gasteiger partial charge >= 0.3 is 13.2 Å². The smallest absolute Gasteiger partial charge is 0.338 e. The van der Waals surface area contributed by atoms with Crippen LogP contribution in [-0.2, 0) is 4.74 Å². The van der Waals surface area contributed by atoms with Crippen LogP contribution in [0.2, 0.25) is 0 Å². The minimum Gasteiger partial charge on any atom is -0.494 e. The van der Waals surface area contributed by atoms with Crippen LogP contribution in [0.4, 0.5) is 4.39 Å². The molecular formula is C20H14BFNO3S. The topological polar surface area (TPSA) is 59.3 Å². The van der Waals surface area contributed by atoms with Crippen molar-refractivity contribution < 1.29 is 18.7 Å². The normalized spacial score (nSPS) is 10.1. The highest BCUT2D eigenvalue weighted by atomic mass is 32.1. The van der Waals surface area contributed by atoms with Crippen LogP contribution in [-0.4, -0.2) is 27.5 Å². The van der Waals surface area contributed by atoms with Gasteiger partial charge in [-0.15, -0.1) is 11.3 Å². The standard InChI is InChI=1S/C20H14BFNO3S/c1-25-14-10-6-9-13(17(14)22)18-15(12-7-4-3-5-8-12)16(20(24)26-2)19(27-18)21-11-23/h3-10H,1-2H3. The first-order valence-electron chi connectivity index (χ1n) is 7.98. The highest BCUT2D eigenvalue weighted by molar-refractivity contribution is 7.26. The number of hydrogen-bond donors (Lipinski definition) is 0. The van der Waals surface area contributed by atoms with Gasteiger partial charge in [-0.25, -0.2) is 14.4 Å². The van der Waals surface area contributed by atoms with Gasteiger partial charge < -0.3 is 9.47 Å². The molecule has 133 valence electrons. The Morgan fingerprint density at radius 1 is 1.15 bits per heavy atom. The van der Waals surface area contributed by atoms with Crippen molar-refractivity contribution in [2.24, 2.45) is 0 Å². The van der Waals surface area contributed by atoms with Crippen LogP contribution in [0.3, 0.4) is 0 Å². The number of esters is 1. The van der Waals surface area contributed by atoms with Gasteiger partial charge in [-0.2, -0.15) is 0 Å². The number of hydrogen-bond acceptors (Lipinski definition) is 5. The van der Waals surface area contributed by atoms with Gasteiger partial charge in [0.2, 0.25) is 0 Å². The van der Waals surface area contributed by atoms with E-state index in [1.807, 2.05) is 36.3 Å². The number of carbonyl (C=O) groups is 1. The number of carbonyl (C=O) groups excluding carboxylic acids is 1. The molecule has 0 amide bonds. The van der Waals surface area contributed by atoms with Gasteiger partial charge in [-0.05, 0) is 16.4 Å². The summed E-state index contributed by atoms with van der Waals surface area (Å²) in [7, 11) is 3.94. The molecule has 7 heteroatoms. The minimum atomic E-state index is -0.582. The molecule has 0 saturated carbocycles. The molecule has 0 aliphatic heterocycles. The van der Waals surface area contributed by atoms with Crippen molar-refractivity contribution in [2.45, 2.75) is 0 Å². The molecule has 0 spiro atoms.